The van der Waals surface area contributed by atoms with Crippen molar-refractivity contribution in [1.82, 2.24) is 4.57 Å². The van der Waals surface area contributed by atoms with Crippen LogP contribution in [-0.4, -0.2) is 4.57 Å². The van der Waals surface area contributed by atoms with E-state index in [-0.39, 0.29) is 5.41 Å². The normalized spacial score (nSPS) is 13.9. The van der Waals surface area contributed by atoms with E-state index in [4.69, 9.17) is 9.15 Å². The summed E-state index contributed by atoms with van der Waals surface area (Å²) in [5, 5.41) is 4.66. The molecule has 0 saturated heterocycles. The van der Waals surface area contributed by atoms with E-state index >= 15 is 0 Å². The largest absolute Gasteiger partial charge is 0.456 e. The van der Waals surface area contributed by atoms with Crippen LogP contribution in [0, 0.1) is 0 Å². The van der Waals surface area contributed by atoms with Gasteiger partial charge in [0.15, 0.2) is 11.5 Å². The summed E-state index contributed by atoms with van der Waals surface area (Å²) < 4.78 is 15.3. The number of fused-ring (bicyclic) bond motifs is 11. The second-order valence-electron chi connectivity index (χ2n) is 15.4. The molecule has 55 heavy (non-hydrogen) atoms. The minimum atomic E-state index is -0.0276. The second kappa shape index (κ2) is 11.0. The third kappa shape index (κ3) is 4.28. The molecule has 3 heterocycles. The minimum Gasteiger partial charge on any atom is -0.456 e. The number of furan rings is 1. The van der Waals surface area contributed by atoms with Crippen molar-refractivity contribution in [3.63, 3.8) is 0 Å². The molecular weight excluding hydrogens is 673 g/mol. The summed E-state index contributed by atoms with van der Waals surface area (Å²) in [6, 6.07) is 61.0. The Balaban J connectivity index is 0.985. The SMILES string of the molecule is CC1(C)c2ccccc2-c2cc(-n3c4ccccc4c4cc(-c5ccc6c(c5)Oc5ccccc5N6c5ccc6oc7ccccc7c6c5)ccc43)ccc21. The fourth-order valence-electron chi connectivity index (χ4n) is 9.35. The molecule has 0 amide bonds. The number of hydrogen-bond acceptors (Lipinski definition) is 3. The zero-order chi connectivity index (χ0) is 36.4. The Morgan fingerprint density at radius 2 is 1.13 bits per heavy atom. The van der Waals surface area contributed by atoms with Crippen molar-refractivity contribution in [2.75, 3.05) is 4.90 Å². The number of aromatic nitrogens is 1. The van der Waals surface area contributed by atoms with Gasteiger partial charge in [-0.15, -0.1) is 0 Å². The van der Waals surface area contributed by atoms with Crippen LogP contribution in [0.1, 0.15) is 25.0 Å². The summed E-state index contributed by atoms with van der Waals surface area (Å²) in [6.07, 6.45) is 0. The van der Waals surface area contributed by atoms with Gasteiger partial charge in [-0.2, -0.15) is 0 Å². The molecule has 8 aromatic carbocycles. The van der Waals surface area contributed by atoms with Crippen molar-refractivity contribution in [3.05, 3.63) is 181 Å². The molecule has 4 nitrogen and oxygen atoms in total. The first kappa shape index (κ1) is 30.4. The number of rotatable bonds is 3. The Bertz CT molecular complexity index is 3240. The highest BCUT2D eigenvalue weighted by molar-refractivity contribution is 6.11. The lowest BCUT2D eigenvalue weighted by Crippen LogP contribution is -2.15. The Morgan fingerprint density at radius 3 is 2.07 bits per heavy atom. The Morgan fingerprint density at radius 1 is 0.436 bits per heavy atom. The summed E-state index contributed by atoms with van der Waals surface area (Å²) in [4.78, 5) is 2.30. The number of para-hydroxylation sites is 4. The van der Waals surface area contributed by atoms with Gasteiger partial charge in [0.05, 0.1) is 22.4 Å². The van der Waals surface area contributed by atoms with E-state index in [0.717, 1.165) is 61.6 Å². The average Bonchev–Trinajstić information content (AvgIpc) is 3.84. The first-order valence-electron chi connectivity index (χ1n) is 18.9. The van der Waals surface area contributed by atoms with Gasteiger partial charge in [-0.05, 0) is 112 Å². The summed E-state index contributed by atoms with van der Waals surface area (Å²) in [5.41, 5.74) is 16.0. The van der Waals surface area contributed by atoms with Crippen LogP contribution in [0.25, 0.3) is 71.7 Å². The molecule has 0 atom stereocenters. The molecule has 12 rings (SSSR count). The van der Waals surface area contributed by atoms with Gasteiger partial charge < -0.3 is 18.6 Å². The molecule has 0 fully saturated rings. The first-order chi connectivity index (χ1) is 27.0. The molecule has 2 aromatic heterocycles. The third-order valence-corrected chi connectivity index (χ3v) is 12.0. The van der Waals surface area contributed by atoms with Gasteiger partial charge in [0.2, 0.25) is 0 Å². The van der Waals surface area contributed by atoms with E-state index in [2.05, 4.69) is 169 Å². The van der Waals surface area contributed by atoms with Gasteiger partial charge in [-0.1, -0.05) is 105 Å². The van der Waals surface area contributed by atoms with Gasteiger partial charge in [-0.25, -0.2) is 0 Å². The van der Waals surface area contributed by atoms with E-state index in [1.54, 1.807) is 0 Å². The fourth-order valence-corrected chi connectivity index (χ4v) is 9.35. The van der Waals surface area contributed by atoms with Gasteiger partial charge in [0.25, 0.3) is 0 Å². The highest BCUT2D eigenvalue weighted by atomic mass is 16.5. The predicted octanol–water partition coefficient (Wildman–Crippen LogP) is 14.2. The number of anilines is 3. The van der Waals surface area contributed by atoms with Crippen LogP contribution in [0.2, 0.25) is 0 Å². The summed E-state index contributed by atoms with van der Waals surface area (Å²) >= 11 is 0. The molecule has 2 aliphatic rings. The molecule has 1 aliphatic heterocycles. The van der Waals surface area contributed by atoms with Crippen molar-refractivity contribution in [3.8, 4) is 39.4 Å². The average molecular weight is 707 g/mol. The molecule has 260 valence electrons. The summed E-state index contributed by atoms with van der Waals surface area (Å²) in [5.74, 6) is 1.64. The highest BCUT2D eigenvalue weighted by Crippen LogP contribution is 2.53. The predicted molar refractivity (Wildman–Crippen MR) is 226 cm³/mol. The lowest BCUT2D eigenvalue weighted by atomic mass is 9.82. The molecule has 0 N–H and O–H groups in total. The van der Waals surface area contributed by atoms with Crippen LogP contribution in [0.15, 0.2) is 174 Å². The van der Waals surface area contributed by atoms with Crippen LogP contribution in [0.4, 0.5) is 17.1 Å². The number of benzene rings is 8. The van der Waals surface area contributed by atoms with Gasteiger partial charge in [-0.3, -0.25) is 0 Å². The minimum absolute atomic E-state index is 0.0276. The number of nitrogens with zero attached hydrogens (tertiary/aromatic N) is 2. The molecule has 0 radical (unpaired) electrons. The van der Waals surface area contributed by atoms with Gasteiger partial charge >= 0.3 is 0 Å². The van der Waals surface area contributed by atoms with E-state index in [9.17, 15) is 0 Å². The zero-order valence-corrected chi connectivity index (χ0v) is 30.4. The molecule has 0 bridgehead atoms. The number of ether oxygens (including phenoxy) is 1. The quantitative estimate of drug-likeness (QED) is 0.183. The second-order valence-corrected chi connectivity index (χ2v) is 15.4. The molecular formula is C51H34N2O2. The molecule has 1 aliphatic carbocycles. The van der Waals surface area contributed by atoms with E-state index in [1.165, 1.54) is 49.7 Å². The Kier molecular flexibility index (Phi) is 6.09. The van der Waals surface area contributed by atoms with E-state index in [0.29, 0.717) is 0 Å². The van der Waals surface area contributed by atoms with Gasteiger partial charge in [0, 0.05) is 38.3 Å². The van der Waals surface area contributed by atoms with Crippen molar-refractivity contribution >= 4 is 60.8 Å². The fraction of sp³-hybridized carbons (Fsp3) is 0.0588. The highest BCUT2D eigenvalue weighted by Gasteiger charge is 2.35. The lowest BCUT2D eigenvalue weighted by molar-refractivity contribution is 0.477. The monoisotopic (exact) mass is 706 g/mol. The number of hydrogen-bond donors (Lipinski definition) is 0. The standard InChI is InChI=1S/C51H34N2O2/c1-51(2)41-14-6-3-11-35(41)38-29-33(21-23-42(38)51)52-43-15-7-4-12-36(43)39-27-31(19-24-44(39)52)32-20-25-46-50(28-32)55-49-18-10-8-16-45(49)53(46)34-22-26-48-40(30-34)37-13-5-9-17-47(37)54-48/h3-30H,1-2H3. The van der Waals surface area contributed by atoms with Gasteiger partial charge in [0.1, 0.15) is 11.2 Å². The Hall–Kier alpha value is -7.04. The molecule has 4 heteroatoms. The lowest BCUT2D eigenvalue weighted by Gasteiger charge is -2.33. The summed E-state index contributed by atoms with van der Waals surface area (Å²) in [6.45, 7) is 4.67. The topological polar surface area (TPSA) is 30.5 Å². The first-order valence-corrected chi connectivity index (χ1v) is 18.9. The molecule has 0 saturated carbocycles. The van der Waals surface area contributed by atoms with Crippen molar-refractivity contribution in [1.29, 1.82) is 0 Å². The Labute approximate surface area is 318 Å². The van der Waals surface area contributed by atoms with Crippen molar-refractivity contribution < 1.29 is 9.15 Å². The van der Waals surface area contributed by atoms with Crippen LogP contribution < -0.4 is 9.64 Å². The van der Waals surface area contributed by atoms with Crippen LogP contribution in [-0.2, 0) is 5.41 Å². The van der Waals surface area contributed by atoms with E-state index < -0.39 is 0 Å². The zero-order valence-electron chi connectivity index (χ0n) is 30.4. The smallest absolute Gasteiger partial charge is 0.152 e. The maximum Gasteiger partial charge on any atom is 0.152 e. The van der Waals surface area contributed by atoms with Crippen LogP contribution in [0.3, 0.4) is 0 Å². The van der Waals surface area contributed by atoms with Crippen LogP contribution in [0.5, 0.6) is 11.5 Å². The molecule has 0 unspecified atom stereocenters. The molecule has 10 aromatic rings. The van der Waals surface area contributed by atoms with E-state index in [1.807, 2.05) is 24.3 Å². The third-order valence-electron chi connectivity index (χ3n) is 12.0. The maximum atomic E-state index is 6.67. The molecule has 0 spiro atoms. The van der Waals surface area contributed by atoms with Crippen molar-refractivity contribution in [2.24, 2.45) is 0 Å². The summed E-state index contributed by atoms with van der Waals surface area (Å²) in [7, 11) is 0. The maximum absolute atomic E-state index is 6.67. The van der Waals surface area contributed by atoms with Crippen LogP contribution >= 0.6 is 0 Å². The van der Waals surface area contributed by atoms with Crippen molar-refractivity contribution in [2.45, 2.75) is 19.3 Å².